The second kappa shape index (κ2) is 6.09. The van der Waals surface area contributed by atoms with Crippen LogP contribution in [0.1, 0.15) is 15.9 Å². The van der Waals surface area contributed by atoms with Gasteiger partial charge in [0.2, 0.25) is 5.88 Å². The molecule has 110 valence electrons. The van der Waals surface area contributed by atoms with Crippen LogP contribution in [-0.4, -0.2) is 16.1 Å². The summed E-state index contributed by atoms with van der Waals surface area (Å²) in [5.41, 5.74) is 7.74. The molecule has 1 aromatic carbocycles. The van der Waals surface area contributed by atoms with Crippen molar-refractivity contribution in [3.63, 3.8) is 0 Å². The Morgan fingerprint density at radius 2 is 1.86 bits per heavy atom. The van der Waals surface area contributed by atoms with Crippen molar-refractivity contribution < 1.29 is 14.1 Å². The van der Waals surface area contributed by atoms with Gasteiger partial charge in [-0.1, -0.05) is 35.5 Å². The zero-order chi connectivity index (χ0) is 15.4. The number of ether oxygens (including phenoxy) is 1. The molecule has 0 aliphatic carbocycles. The van der Waals surface area contributed by atoms with E-state index in [-0.39, 0.29) is 18.1 Å². The first-order chi connectivity index (χ1) is 10.8. The summed E-state index contributed by atoms with van der Waals surface area (Å²) in [6, 6.07) is 12.8. The molecule has 0 amide bonds. The summed E-state index contributed by atoms with van der Waals surface area (Å²) in [4.78, 5) is 16.2. The quantitative estimate of drug-likeness (QED) is 0.744. The van der Waals surface area contributed by atoms with Gasteiger partial charge in [0.15, 0.2) is 5.56 Å². The van der Waals surface area contributed by atoms with Gasteiger partial charge in [-0.15, -0.1) is 0 Å². The van der Waals surface area contributed by atoms with Gasteiger partial charge in [0.05, 0.1) is 0 Å². The normalized spacial score (nSPS) is 10.4. The smallest absolute Gasteiger partial charge is 0.346 e. The van der Waals surface area contributed by atoms with E-state index in [0.29, 0.717) is 11.3 Å². The van der Waals surface area contributed by atoms with Gasteiger partial charge in [0.1, 0.15) is 12.3 Å². The van der Waals surface area contributed by atoms with Crippen LogP contribution >= 0.6 is 0 Å². The highest BCUT2D eigenvalue weighted by atomic mass is 16.5. The van der Waals surface area contributed by atoms with Crippen LogP contribution in [0.3, 0.4) is 0 Å². The third kappa shape index (κ3) is 2.80. The molecule has 3 rings (SSSR count). The maximum absolute atomic E-state index is 12.3. The number of rotatable bonds is 4. The molecule has 2 N–H and O–H groups in total. The first kappa shape index (κ1) is 13.8. The Hall–Kier alpha value is -3.15. The molecule has 0 saturated heterocycles. The summed E-state index contributed by atoms with van der Waals surface area (Å²) < 4.78 is 10.2. The number of aromatic nitrogens is 2. The average molecular weight is 295 g/mol. The summed E-state index contributed by atoms with van der Waals surface area (Å²) in [7, 11) is 0. The monoisotopic (exact) mass is 295 g/mol. The summed E-state index contributed by atoms with van der Waals surface area (Å²) in [5, 5.41) is 3.83. The fourth-order valence-electron chi connectivity index (χ4n) is 2.00. The van der Waals surface area contributed by atoms with E-state index in [4.69, 9.17) is 15.0 Å². The number of carbonyl (C=O) groups excluding carboxylic acids is 1. The van der Waals surface area contributed by atoms with Crippen molar-refractivity contribution in [1.29, 1.82) is 0 Å². The fourth-order valence-corrected chi connectivity index (χ4v) is 2.00. The van der Waals surface area contributed by atoms with E-state index in [1.165, 1.54) is 0 Å². The second-order valence-electron chi connectivity index (χ2n) is 4.57. The molecule has 22 heavy (non-hydrogen) atoms. The second-order valence-corrected chi connectivity index (χ2v) is 4.57. The Bertz CT molecular complexity index is 770. The number of benzene rings is 1. The lowest BCUT2D eigenvalue weighted by atomic mass is 10.1. The molecular weight excluding hydrogens is 282 g/mol. The molecule has 0 aliphatic heterocycles. The van der Waals surface area contributed by atoms with E-state index >= 15 is 0 Å². The number of carbonyl (C=O) groups is 1. The van der Waals surface area contributed by atoms with E-state index in [1.807, 2.05) is 30.3 Å². The van der Waals surface area contributed by atoms with E-state index in [0.717, 1.165) is 5.56 Å². The highest BCUT2D eigenvalue weighted by Gasteiger charge is 2.23. The average Bonchev–Trinajstić information content (AvgIpc) is 2.96. The van der Waals surface area contributed by atoms with Crippen molar-refractivity contribution in [2.45, 2.75) is 6.61 Å². The zero-order valence-corrected chi connectivity index (χ0v) is 11.6. The highest BCUT2D eigenvalue weighted by molar-refractivity contribution is 6.00. The van der Waals surface area contributed by atoms with Crippen molar-refractivity contribution in [1.82, 2.24) is 10.1 Å². The zero-order valence-electron chi connectivity index (χ0n) is 11.6. The van der Waals surface area contributed by atoms with E-state index in [9.17, 15) is 4.79 Å². The van der Waals surface area contributed by atoms with E-state index < -0.39 is 5.97 Å². The van der Waals surface area contributed by atoms with Gasteiger partial charge in [0.25, 0.3) is 0 Å². The van der Waals surface area contributed by atoms with Gasteiger partial charge in [-0.3, -0.25) is 4.98 Å². The summed E-state index contributed by atoms with van der Waals surface area (Å²) in [6.45, 7) is 0.153. The molecule has 6 nitrogen and oxygen atoms in total. The van der Waals surface area contributed by atoms with Gasteiger partial charge < -0.3 is 15.0 Å². The molecule has 0 aliphatic rings. The number of pyridine rings is 1. The molecular formula is C16H13N3O3. The Labute approximate surface area is 126 Å². The SMILES string of the molecule is Nc1onc(-c2ccncc2)c1C(=O)OCc1ccccc1. The van der Waals surface area contributed by atoms with Crippen molar-refractivity contribution in [3.05, 3.63) is 66.0 Å². The number of nitrogens with two attached hydrogens (primary N) is 1. The Morgan fingerprint density at radius 3 is 2.59 bits per heavy atom. The Kier molecular flexibility index (Phi) is 3.82. The van der Waals surface area contributed by atoms with Crippen LogP contribution in [0.15, 0.2) is 59.4 Å². The van der Waals surface area contributed by atoms with Crippen LogP contribution in [0.5, 0.6) is 0 Å². The minimum absolute atomic E-state index is 0.0649. The molecule has 3 aromatic rings. The molecule has 6 heteroatoms. The number of anilines is 1. The lowest BCUT2D eigenvalue weighted by Gasteiger charge is -2.05. The third-order valence-electron chi connectivity index (χ3n) is 3.09. The van der Waals surface area contributed by atoms with Gasteiger partial charge in [-0.2, -0.15) is 0 Å². The van der Waals surface area contributed by atoms with Crippen molar-refractivity contribution in [3.8, 4) is 11.3 Å². The fraction of sp³-hybridized carbons (Fsp3) is 0.0625. The lowest BCUT2D eigenvalue weighted by Crippen LogP contribution is -2.08. The minimum Gasteiger partial charge on any atom is -0.457 e. The van der Waals surface area contributed by atoms with Gasteiger partial charge >= 0.3 is 5.97 Å². The van der Waals surface area contributed by atoms with Crippen molar-refractivity contribution >= 4 is 11.9 Å². The summed E-state index contributed by atoms with van der Waals surface area (Å²) in [5.74, 6) is -0.640. The first-order valence-corrected chi connectivity index (χ1v) is 6.62. The van der Waals surface area contributed by atoms with Crippen LogP contribution < -0.4 is 5.73 Å². The van der Waals surface area contributed by atoms with Crippen molar-refractivity contribution in [2.75, 3.05) is 5.73 Å². The molecule has 0 unspecified atom stereocenters. The lowest BCUT2D eigenvalue weighted by molar-refractivity contribution is 0.0474. The number of esters is 1. The van der Waals surface area contributed by atoms with Crippen LogP contribution in [0.2, 0.25) is 0 Å². The maximum Gasteiger partial charge on any atom is 0.346 e. The standard InChI is InChI=1S/C16H13N3O3/c17-15-13(14(19-22-15)12-6-8-18-9-7-12)16(20)21-10-11-4-2-1-3-5-11/h1-9H,10,17H2. The van der Waals surface area contributed by atoms with E-state index in [2.05, 4.69) is 10.1 Å². The number of hydrogen-bond acceptors (Lipinski definition) is 6. The Balaban J connectivity index is 1.82. The molecule has 0 atom stereocenters. The first-order valence-electron chi connectivity index (χ1n) is 6.62. The Morgan fingerprint density at radius 1 is 1.14 bits per heavy atom. The maximum atomic E-state index is 12.3. The minimum atomic E-state index is -0.575. The molecule has 0 spiro atoms. The predicted octanol–water partition coefficient (Wildman–Crippen LogP) is 2.68. The third-order valence-corrected chi connectivity index (χ3v) is 3.09. The predicted molar refractivity (Wildman–Crippen MR) is 79.7 cm³/mol. The van der Waals surface area contributed by atoms with Crippen LogP contribution in [0, 0.1) is 0 Å². The molecule has 2 heterocycles. The van der Waals surface area contributed by atoms with Crippen LogP contribution in [0.25, 0.3) is 11.3 Å². The number of hydrogen-bond donors (Lipinski definition) is 1. The summed E-state index contributed by atoms with van der Waals surface area (Å²) >= 11 is 0. The molecule has 0 saturated carbocycles. The van der Waals surface area contributed by atoms with E-state index in [1.54, 1.807) is 24.5 Å². The molecule has 0 fully saturated rings. The molecule has 2 aromatic heterocycles. The van der Waals surface area contributed by atoms with Gasteiger partial charge in [0, 0.05) is 18.0 Å². The van der Waals surface area contributed by atoms with Gasteiger partial charge in [-0.25, -0.2) is 4.79 Å². The summed E-state index contributed by atoms with van der Waals surface area (Å²) in [6.07, 6.45) is 3.19. The van der Waals surface area contributed by atoms with Crippen molar-refractivity contribution in [2.24, 2.45) is 0 Å². The van der Waals surface area contributed by atoms with Crippen LogP contribution in [0.4, 0.5) is 5.88 Å². The van der Waals surface area contributed by atoms with Crippen LogP contribution in [-0.2, 0) is 11.3 Å². The largest absolute Gasteiger partial charge is 0.457 e. The highest BCUT2D eigenvalue weighted by Crippen LogP contribution is 2.27. The molecule has 0 radical (unpaired) electrons. The number of nitrogen functional groups attached to an aromatic ring is 1. The topological polar surface area (TPSA) is 91.2 Å². The molecule has 0 bridgehead atoms. The van der Waals surface area contributed by atoms with Gasteiger partial charge in [-0.05, 0) is 17.7 Å². The number of nitrogens with zero attached hydrogens (tertiary/aromatic N) is 2.